The molecule has 0 radical (unpaired) electrons. The molecule has 0 spiro atoms. The number of aliphatic carboxylic acids is 1. The van der Waals surface area contributed by atoms with Gasteiger partial charge in [0.2, 0.25) is 0 Å². The average molecular weight is 278 g/mol. The monoisotopic (exact) mass is 278 g/mol. The molecule has 0 aliphatic heterocycles. The predicted octanol–water partition coefficient (Wildman–Crippen LogP) is 5.52. The van der Waals surface area contributed by atoms with E-state index in [1.54, 1.807) is 0 Å². The number of hydrogen-bond donors (Lipinski definition) is 1. The van der Waals surface area contributed by atoms with E-state index in [2.05, 4.69) is 50.3 Å². The summed E-state index contributed by atoms with van der Waals surface area (Å²) in [5.74, 6) is 0.0918. The fraction of sp³-hybridized carbons (Fsp3) is 0.611. The molecule has 0 atom stereocenters. The largest absolute Gasteiger partial charge is 0.481 e. The summed E-state index contributed by atoms with van der Waals surface area (Å²) in [5.41, 5.74) is 0. The van der Waals surface area contributed by atoms with Gasteiger partial charge in [-0.15, -0.1) is 0 Å². The van der Waals surface area contributed by atoms with Crippen molar-refractivity contribution in [1.82, 2.24) is 0 Å². The second-order valence-corrected chi connectivity index (χ2v) is 5.50. The van der Waals surface area contributed by atoms with Crippen LogP contribution in [0.1, 0.15) is 65.2 Å². The second kappa shape index (κ2) is 14.1. The topological polar surface area (TPSA) is 37.3 Å². The zero-order valence-corrected chi connectivity index (χ0v) is 13.1. The maximum absolute atomic E-state index is 10.3. The van der Waals surface area contributed by atoms with Crippen molar-refractivity contribution in [3.8, 4) is 0 Å². The Kier molecular flexibility index (Phi) is 13.2. The third-order valence-corrected chi connectivity index (χ3v) is 2.97. The number of unbranched alkanes of at least 4 members (excludes halogenated alkanes) is 2. The van der Waals surface area contributed by atoms with Crippen LogP contribution in [-0.2, 0) is 4.79 Å². The molecule has 0 saturated heterocycles. The first-order chi connectivity index (χ1) is 9.63. The number of carbonyl (C=O) groups is 1. The molecule has 0 aliphatic rings. The molecule has 2 nitrogen and oxygen atoms in total. The van der Waals surface area contributed by atoms with E-state index in [9.17, 15) is 4.79 Å². The van der Waals surface area contributed by atoms with Gasteiger partial charge < -0.3 is 5.11 Å². The molecule has 0 amide bonds. The van der Waals surface area contributed by atoms with Crippen LogP contribution >= 0.6 is 0 Å². The van der Waals surface area contributed by atoms with Crippen LogP contribution in [0.25, 0.3) is 0 Å². The summed E-state index contributed by atoms with van der Waals surface area (Å²) in [5, 5.41) is 8.48. The van der Waals surface area contributed by atoms with Crippen molar-refractivity contribution < 1.29 is 9.90 Å². The third-order valence-electron chi connectivity index (χ3n) is 2.97. The standard InChI is InChI=1S/C18H30O2/c1-17(2)15-13-11-9-7-5-3-4-6-8-10-12-14-16-18(19)20/h3,5-6,8-9,11,17H,4,7,10,12-16H2,1-2H3,(H,19,20). The average Bonchev–Trinajstić information content (AvgIpc) is 2.38. The molecule has 0 saturated carbocycles. The zero-order valence-electron chi connectivity index (χ0n) is 13.1. The summed E-state index contributed by atoms with van der Waals surface area (Å²) in [7, 11) is 0. The number of allylic oxidation sites excluding steroid dienone is 6. The van der Waals surface area contributed by atoms with Gasteiger partial charge in [-0.25, -0.2) is 0 Å². The van der Waals surface area contributed by atoms with Crippen LogP contribution in [0.3, 0.4) is 0 Å². The van der Waals surface area contributed by atoms with Crippen molar-refractivity contribution in [2.24, 2.45) is 5.92 Å². The first-order valence-electron chi connectivity index (χ1n) is 7.79. The fourth-order valence-corrected chi connectivity index (χ4v) is 1.75. The van der Waals surface area contributed by atoms with Crippen molar-refractivity contribution in [2.75, 3.05) is 0 Å². The minimum atomic E-state index is -0.696. The summed E-state index contributed by atoms with van der Waals surface area (Å²) in [6, 6.07) is 0. The van der Waals surface area contributed by atoms with Gasteiger partial charge in [0.1, 0.15) is 0 Å². The van der Waals surface area contributed by atoms with Crippen LogP contribution in [0.2, 0.25) is 0 Å². The number of rotatable bonds is 12. The highest BCUT2D eigenvalue weighted by atomic mass is 16.4. The van der Waals surface area contributed by atoms with E-state index in [0.29, 0.717) is 0 Å². The zero-order chi connectivity index (χ0) is 15.1. The first kappa shape index (κ1) is 18.7. The lowest BCUT2D eigenvalue weighted by Crippen LogP contribution is -1.92. The minimum absolute atomic E-state index is 0.289. The Balaban J connectivity index is 3.36. The molecule has 20 heavy (non-hydrogen) atoms. The Morgan fingerprint density at radius 3 is 2.00 bits per heavy atom. The quantitative estimate of drug-likeness (QED) is 0.377. The molecule has 0 rings (SSSR count). The molecule has 2 heteroatoms. The third kappa shape index (κ3) is 16.7. The molecule has 0 aromatic carbocycles. The van der Waals surface area contributed by atoms with Gasteiger partial charge in [0.25, 0.3) is 0 Å². The van der Waals surface area contributed by atoms with Crippen LogP contribution in [-0.4, -0.2) is 11.1 Å². The Morgan fingerprint density at radius 2 is 1.45 bits per heavy atom. The van der Waals surface area contributed by atoms with Crippen LogP contribution in [0, 0.1) is 5.92 Å². The van der Waals surface area contributed by atoms with E-state index in [1.807, 2.05) is 0 Å². The lowest BCUT2D eigenvalue weighted by Gasteiger charge is -1.98. The van der Waals surface area contributed by atoms with E-state index in [1.165, 1.54) is 12.8 Å². The van der Waals surface area contributed by atoms with Gasteiger partial charge in [-0.05, 0) is 50.9 Å². The van der Waals surface area contributed by atoms with E-state index in [4.69, 9.17) is 5.11 Å². The van der Waals surface area contributed by atoms with Crippen LogP contribution in [0.15, 0.2) is 36.5 Å². The maximum Gasteiger partial charge on any atom is 0.303 e. The summed E-state index contributed by atoms with van der Waals surface area (Å²) >= 11 is 0. The van der Waals surface area contributed by atoms with Gasteiger partial charge in [-0.3, -0.25) is 4.79 Å². The van der Waals surface area contributed by atoms with Crippen molar-refractivity contribution in [3.63, 3.8) is 0 Å². The molecule has 0 fully saturated rings. The van der Waals surface area contributed by atoms with Gasteiger partial charge in [-0.1, -0.05) is 50.3 Å². The van der Waals surface area contributed by atoms with Gasteiger partial charge in [0.15, 0.2) is 0 Å². The lowest BCUT2D eigenvalue weighted by atomic mass is 10.1. The van der Waals surface area contributed by atoms with Gasteiger partial charge in [-0.2, -0.15) is 0 Å². The predicted molar refractivity (Wildman–Crippen MR) is 86.8 cm³/mol. The van der Waals surface area contributed by atoms with Gasteiger partial charge >= 0.3 is 5.97 Å². The van der Waals surface area contributed by atoms with E-state index >= 15 is 0 Å². The number of carboxylic acids is 1. The maximum atomic E-state index is 10.3. The molecule has 0 aromatic rings. The van der Waals surface area contributed by atoms with E-state index in [-0.39, 0.29) is 6.42 Å². The van der Waals surface area contributed by atoms with Crippen LogP contribution < -0.4 is 0 Å². The van der Waals surface area contributed by atoms with Crippen molar-refractivity contribution in [1.29, 1.82) is 0 Å². The molecule has 1 N–H and O–H groups in total. The molecule has 0 aliphatic carbocycles. The second-order valence-electron chi connectivity index (χ2n) is 5.50. The van der Waals surface area contributed by atoms with Crippen molar-refractivity contribution in [3.05, 3.63) is 36.5 Å². The first-order valence-corrected chi connectivity index (χ1v) is 7.79. The molecular weight excluding hydrogens is 248 g/mol. The number of carboxylic acid groups (broad SMARTS) is 1. The van der Waals surface area contributed by atoms with Crippen molar-refractivity contribution >= 4 is 5.97 Å². The summed E-state index contributed by atoms with van der Waals surface area (Å²) in [4.78, 5) is 10.3. The Morgan fingerprint density at radius 1 is 0.900 bits per heavy atom. The van der Waals surface area contributed by atoms with Crippen LogP contribution in [0.4, 0.5) is 0 Å². The summed E-state index contributed by atoms with van der Waals surface area (Å²) in [6.07, 6.45) is 20.6. The lowest BCUT2D eigenvalue weighted by molar-refractivity contribution is -0.137. The molecule has 114 valence electrons. The summed E-state index contributed by atoms with van der Waals surface area (Å²) in [6.45, 7) is 4.50. The van der Waals surface area contributed by atoms with Gasteiger partial charge in [0, 0.05) is 6.42 Å². The summed E-state index contributed by atoms with van der Waals surface area (Å²) < 4.78 is 0. The molecular formula is C18H30O2. The van der Waals surface area contributed by atoms with E-state index < -0.39 is 5.97 Å². The van der Waals surface area contributed by atoms with Gasteiger partial charge in [0.05, 0.1) is 0 Å². The smallest absolute Gasteiger partial charge is 0.303 e. The highest BCUT2D eigenvalue weighted by Gasteiger charge is 1.93. The Bertz CT molecular complexity index is 311. The fourth-order valence-electron chi connectivity index (χ4n) is 1.75. The highest BCUT2D eigenvalue weighted by molar-refractivity contribution is 5.66. The normalized spacial score (nSPS) is 12.3. The number of hydrogen-bond acceptors (Lipinski definition) is 1. The molecule has 0 heterocycles. The highest BCUT2D eigenvalue weighted by Crippen LogP contribution is 2.04. The molecule has 0 unspecified atom stereocenters. The van der Waals surface area contributed by atoms with Crippen molar-refractivity contribution in [2.45, 2.75) is 65.2 Å². The molecule has 0 bridgehead atoms. The minimum Gasteiger partial charge on any atom is -0.481 e. The van der Waals surface area contributed by atoms with E-state index in [0.717, 1.165) is 38.0 Å². The molecule has 0 aromatic heterocycles. The Hall–Kier alpha value is -1.31. The SMILES string of the molecule is CC(C)CCC=CCC=CCC=CCCCCC(=O)O. The Labute approximate surface area is 124 Å². The van der Waals surface area contributed by atoms with Crippen LogP contribution in [0.5, 0.6) is 0 Å².